The van der Waals surface area contributed by atoms with Crippen LogP contribution in [-0.4, -0.2) is 5.54 Å². The molecular weight excluding hydrogens is 335 g/mol. The second kappa shape index (κ2) is 16.9. The molecule has 2 saturated carbocycles. The fourth-order valence-electron chi connectivity index (χ4n) is 1.99. The van der Waals surface area contributed by atoms with Crippen LogP contribution in [0, 0.1) is 25.7 Å². The van der Waals surface area contributed by atoms with Gasteiger partial charge >= 0.3 is 50.5 Å². The molecule has 2 heteroatoms. The predicted octanol–water partition coefficient (Wildman–Crippen LogP) is 6.91. The molecule has 2 fully saturated rings. The van der Waals surface area contributed by atoms with Gasteiger partial charge in [0, 0.05) is 0 Å². The third-order valence-electron chi connectivity index (χ3n) is 3.34. The van der Waals surface area contributed by atoms with Gasteiger partial charge in [-0.1, -0.05) is 39.0 Å². The van der Waals surface area contributed by atoms with Gasteiger partial charge < -0.3 is 19.8 Å². The van der Waals surface area contributed by atoms with E-state index in [0.717, 1.165) is 5.92 Å². The summed E-state index contributed by atoms with van der Waals surface area (Å²) in [5.41, 5.74) is 0.189. The van der Waals surface area contributed by atoms with Crippen molar-refractivity contribution in [1.82, 2.24) is 0 Å². The molecule has 0 aromatic heterocycles. The normalized spacial score (nSPS) is 18.7. The third kappa shape index (κ3) is 22.9. The average Bonchev–Trinajstić information content (AvgIpc) is 2.52. The fourth-order valence-corrected chi connectivity index (χ4v) is 1.99. The SMILES string of the molecule is CC(C)(C)[N]=[Nb].CC1CC[CH-]CC1.[CH-]1CCCCC1.[CH2-]C. The summed E-state index contributed by atoms with van der Waals surface area (Å²) in [6, 6.07) is 0. The molecule has 0 aliphatic heterocycles. The van der Waals surface area contributed by atoms with Gasteiger partial charge in [0.15, 0.2) is 0 Å². The standard InChI is InChI=1S/C7H13.C6H11.C4H9N.C2H5.Nb/c1-7-5-3-2-4-6-7;1-2-4-6-5-3-1;1-4(2,3)5;1-2;/h2,7H,3-6H2,1H3;1H,2-6H2;1-3H3;1H2,2H3;/q2*-1;;-1;. The van der Waals surface area contributed by atoms with E-state index in [1.165, 1.54) is 78.7 Å². The summed E-state index contributed by atoms with van der Waals surface area (Å²) in [5, 5.41) is 0. The molecule has 0 heterocycles. The first-order valence-corrected chi connectivity index (χ1v) is 9.64. The Morgan fingerprint density at radius 1 is 0.905 bits per heavy atom. The molecule has 0 saturated heterocycles. The van der Waals surface area contributed by atoms with E-state index in [4.69, 9.17) is 0 Å². The molecule has 0 aromatic carbocycles. The van der Waals surface area contributed by atoms with Gasteiger partial charge in [0.05, 0.1) is 0 Å². The van der Waals surface area contributed by atoms with Gasteiger partial charge in [0.1, 0.15) is 0 Å². The summed E-state index contributed by atoms with van der Waals surface area (Å²) < 4.78 is 4.07. The van der Waals surface area contributed by atoms with E-state index in [9.17, 15) is 0 Å². The number of hydrogen-bond acceptors (Lipinski definition) is 1. The zero-order valence-corrected chi connectivity index (χ0v) is 17.4. The van der Waals surface area contributed by atoms with Gasteiger partial charge in [0.25, 0.3) is 0 Å². The number of nitrogens with zero attached hydrogens (tertiary/aromatic N) is 1. The Kier molecular flexibility index (Phi) is 19.2. The summed E-state index contributed by atoms with van der Waals surface area (Å²) in [4.78, 5) is 0. The van der Waals surface area contributed by atoms with E-state index >= 15 is 0 Å². The summed E-state index contributed by atoms with van der Waals surface area (Å²) in [5.74, 6) is 1.00. The van der Waals surface area contributed by atoms with Crippen molar-refractivity contribution in [2.75, 3.05) is 0 Å². The molecule has 21 heavy (non-hydrogen) atoms. The second-order valence-electron chi connectivity index (χ2n) is 6.75. The molecule has 127 valence electrons. The molecule has 2 aliphatic rings. The van der Waals surface area contributed by atoms with Crippen molar-refractivity contribution in [3.63, 3.8) is 0 Å². The van der Waals surface area contributed by atoms with E-state index in [1.807, 2.05) is 0 Å². The summed E-state index contributed by atoms with van der Waals surface area (Å²) in [6.07, 6.45) is 17.5. The fraction of sp³-hybridized carbons (Fsp3) is 0.842. The maximum absolute atomic E-state index is 4.07. The zero-order valence-electron chi connectivity index (χ0n) is 15.2. The molecule has 0 N–H and O–H groups in total. The average molecular weight is 373 g/mol. The Balaban J connectivity index is 0. The van der Waals surface area contributed by atoms with Gasteiger partial charge in [0.2, 0.25) is 0 Å². The van der Waals surface area contributed by atoms with Crippen molar-refractivity contribution in [2.24, 2.45) is 9.26 Å². The Hall–Kier alpha value is 0.540. The van der Waals surface area contributed by atoms with E-state index in [2.05, 4.69) is 50.8 Å². The topological polar surface area (TPSA) is 12.4 Å². The molecule has 0 atom stereocenters. The minimum Gasteiger partial charge on any atom is -0.346 e. The minimum absolute atomic E-state index is 0.189. The van der Waals surface area contributed by atoms with Crippen LogP contribution in [0.4, 0.5) is 0 Å². The molecule has 1 nitrogen and oxygen atoms in total. The second-order valence-corrected chi connectivity index (χ2v) is 7.24. The quantitative estimate of drug-likeness (QED) is 0.323. The van der Waals surface area contributed by atoms with Gasteiger partial charge in [-0.15, -0.1) is 0 Å². The Morgan fingerprint density at radius 3 is 1.43 bits per heavy atom. The molecule has 0 unspecified atom stereocenters. The van der Waals surface area contributed by atoms with Crippen molar-refractivity contribution in [3.8, 4) is 0 Å². The first kappa shape index (κ1) is 23.8. The molecule has 0 amide bonds. The number of rotatable bonds is 0. The van der Waals surface area contributed by atoms with E-state index in [-0.39, 0.29) is 5.54 Å². The van der Waals surface area contributed by atoms with Gasteiger partial charge in [-0.05, 0) is 5.92 Å². The van der Waals surface area contributed by atoms with Crippen molar-refractivity contribution < 1.29 is 20.9 Å². The third-order valence-corrected chi connectivity index (χ3v) is 4.82. The van der Waals surface area contributed by atoms with Crippen LogP contribution in [-0.2, 0) is 20.9 Å². The Bertz CT molecular complexity index is 187. The predicted molar refractivity (Wildman–Crippen MR) is 92.5 cm³/mol. The van der Waals surface area contributed by atoms with Gasteiger partial charge in [-0.25, -0.2) is 0 Å². The first-order chi connectivity index (χ1) is 9.95. The Morgan fingerprint density at radius 2 is 1.29 bits per heavy atom. The number of hydrogen-bond donors (Lipinski definition) is 0. The van der Waals surface area contributed by atoms with Gasteiger partial charge in [-0.2, -0.15) is 32.6 Å². The molecule has 0 aromatic rings. The van der Waals surface area contributed by atoms with Crippen LogP contribution in [0.25, 0.3) is 0 Å². The monoisotopic (exact) mass is 373 g/mol. The summed E-state index contributed by atoms with van der Waals surface area (Å²) >= 11 is 1.52. The van der Waals surface area contributed by atoms with Crippen molar-refractivity contribution >= 4 is 0 Å². The van der Waals surface area contributed by atoms with Gasteiger partial charge in [-0.3, -0.25) is 0 Å². The van der Waals surface area contributed by atoms with Crippen LogP contribution in [0.15, 0.2) is 3.34 Å². The van der Waals surface area contributed by atoms with Crippen LogP contribution in [0.1, 0.15) is 92.4 Å². The Labute approximate surface area is 147 Å². The van der Waals surface area contributed by atoms with Crippen molar-refractivity contribution in [3.05, 3.63) is 19.8 Å². The molecule has 0 spiro atoms. The summed E-state index contributed by atoms with van der Waals surface area (Å²) in [6.45, 7) is 13.6. The van der Waals surface area contributed by atoms with Crippen LogP contribution in [0.3, 0.4) is 0 Å². The van der Waals surface area contributed by atoms with Crippen LogP contribution in [0.2, 0.25) is 0 Å². The van der Waals surface area contributed by atoms with E-state index in [1.54, 1.807) is 6.92 Å². The van der Waals surface area contributed by atoms with E-state index in [0.29, 0.717) is 0 Å². The van der Waals surface area contributed by atoms with Crippen molar-refractivity contribution in [1.29, 1.82) is 0 Å². The maximum atomic E-state index is 4.07. The first-order valence-electron chi connectivity index (χ1n) is 8.66. The van der Waals surface area contributed by atoms with Crippen molar-refractivity contribution in [2.45, 2.75) is 97.9 Å². The summed E-state index contributed by atoms with van der Waals surface area (Å²) in [7, 11) is 0. The minimum atomic E-state index is 0.189. The van der Waals surface area contributed by atoms with Crippen LogP contribution < -0.4 is 0 Å². The van der Waals surface area contributed by atoms with E-state index < -0.39 is 0 Å². The smallest absolute Gasteiger partial charge is 0.0491 e. The zero-order chi connectivity index (χ0) is 16.6. The molecule has 0 bridgehead atoms. The molecular formula is C19H38NNb-3. The molecule has 2 aliphatic carbocycles. The largest absolute Gasteiger partial charge is 0.346 e. The molecule has 0 radical (unpaired) electrons. The molecule has 2 rings (SSSR count). The maximum Gasteiger partial charge on any atom is -0.0491 e. The van der Waals surface area contributed by atoms with Crippen LogP contribution >= 0.6 is 0 Å². The van der Waals surface area contributed by atoms with Crippen LogP contribution in [0.5, 0.6) is 0 Å².